The lowest BCUT2D eigenvalue weighted by molar-refractivity contribution is 0.0971. The Hall–Kier alpha value is -2.22. The molecule has 0 spiro atoms. The zero-order valence-electron chi connectivity index (χ0n) is 12.3. The number of anilines is 1. The van der Waals surface area contributed by atoms with Crippen LogP contribution >= 0.6 is 0 Å². The van der Waals surface area contributed by atoms with Crippen molar-refractivity contribution < 1.29 is 9.47 Å². The van der Waals surface area contributed by atoms with Crippen molar-refractivity contribution >= 4 is 5.95 Å². The van der Waals surface area contributed by atoms with Crippen LogP contribution in [0.4, 0.5) is 5.95 Å². The van der Waals surface area contributed by atoms with E-state index in [0.717, 1.165) is 13.0 Å². The third-order valence-electron chi connectivity index (χ3n) is 2.45. The van der Waals surface area contributed by atoms with Crippen LogP contribution in [0.15, 0.2) is 18.5 Å². The summed E-state index contributed by atoms with van der Waals surface area (Å²) in [6, 6.07) is 2.06. The van der Waals surface area contributed by atoms with Crippen LogP contribution in [-0.4, -0.2) is 51.1 Å². The quantitative estimate of drug-likeness (QED) is 0.697. The van der Waals surface area contributed by atoms with E-state index in [-0.39, 0.29) is 6.01 Å². The van der Waals surface area contributed by atoms with Crippen LogP contribution in [0.3, 0.4) is 0 Å². The predicted molar refractivity (Wildman–Crippen MR) is 77.7 cm³/mol. The number of rotatable bonds is 9. The second-order valence-corrected chi connectivity index (χ2v) is 4.18. The van der Waals surface area contributed by atoms with Gasteiger partial charge in [0.25, 0.3) is 5.95 Å². The molecule has 0 unspecified atom stereocenters. The second-order valence-electron chi connectivity index (χ2n) is 4.18. The molecule has 2 aromatic heterocycles. The van der Waals surface area contributed by atoms with E-state index in [1.54, 1.807) is 23.1 Å². The lowest BCUT2D eigenvalue weighted by Gasteiger charge is -2.09. The first kappa shape index (κ1) is 15.2. The fourth-order valence-electron chi connectivity index (χ4n) is 1.58. The molecule has 8 heteroatoms. The van der Waals surface area contributed by atoms with Crippen molar-refractivity contribution in [2.45, 2.75) is 20.3 Å². The molecule has 21 heavy (non-hydrogen) atoms. The average molecular weight is 292 g/mol. The smallest absolute Gasteiger partial charge is 0.323 e. The van der Waals surface area contributed by atoms with Gasteiger partial charge in [0.15, 0.2) is 0 Å². The number of hydrogen-bond acceptors (Lipinski definition) is 7. The molecule has 0 saturated heterocycles. The molecule has 0 aliphatic rings. The average Bonchev–Trinajstić information content (AvgIpc) is 3.01. The third kappa shape index (κ3) is 4.67. The monoisotopic (exact) mass is 292 g/mol. The fraction of sp³-hybridized carbons (Fsp3) is 0.538. The Labute approximate surface area is 123 Å². The van der Waals surface area contributed by atoms with E-state index in [2.05, 4.69) is 32.3 Å². The highest BCUT2D eigenvalue weighted by molar-refractivity contribution is 5.29. The van der Waals surface area contributed by atoms with Gasteiger partial charge in [-0.3, -0.25) is 0 Å². The van der Waals surface area contributed by atoms with Crippen molar-refractivity contribution in [1.29, 1.82) is 0 Å². The van der Waals surface area contributed by atoms with Crippen LogP contribution < -0.4 is 10.1 Å². The van der Waals surface area contributed by atoms with Crippen molar-refractivity contribution in [1.82, 2.24) is 24.7 Å². The summed E-state index contributed by atoms with van der Waals surface area (Å²) in [4.78, 5) is 12.7. The summed E-state index contributed by atoms with van der Waals surface area (Å²) in [6.07, 6.45) is 4.41. The topological polar surface area (TPSA) is 87.0 Å². The lowest BCUT2D eigenvalue weighted by Crippen LogP contribution is -2.13. The summed E-state index contributed by atoms with van der Waals surface area (Å²) in [5.41, 5.74) is 0. The maximum absolute atomic E-state index is 5.51. The van der Waals surface area contributed by atoms with Crippen molar-refractivity contribution in [3.8, 4) is 12.0 Å². The van der Waals surface area contributed by atoms with E-state index >= 15 is 0 Å². The molecule has 0 fully saturated rings. The highest BCUT2D eigenvalue weighted by Gasteiger charge is 2.09. The summed E-state index contributed by atoms with van der Waals surface area (Å²) in [6.45, 7) is 6.37. The van der Waals surface area contributed by atoms with Gasteiger partial charge in [0.2, 0.25) is 5.95 Å². The van der Waals surface area contributed by atoms with Crippen LogP contribution in [0.5, 0.6) is 6.01 Å². The van der Waals surface area contributed by atoms with Gasteiger partial charge in [0.1, 0.15) is 6.61 Å². The fourth-order valence-corrected chi connectivity index (χ4v) is 1.58. The molecule has 0 aliphatic heterocycles. The number of nitrogens with zero attached hydrogens (tertiary/aromatic N) is 5. The van der Waals surface area contributed by atoms with Gasteiger partial charge in [-0.1, -0.05) is 6.92 Å². The zero-order chi connectivity index (χ0) is 14.9. The molecule has 2 heterocycles. The predicted octanol–water partition coefficient (Wildman–Crippen LogP) is 1.29. The van der Waals surface area contributed by atoms with E-state index in [4.69, 9.17) is 9.47 Å². The molecular formula is C13H20N6O2. The Bertz CT molecular complexity index is 531. The largest absolute Gasteiger partial charge is 0.461 e. The molecule has 114 valence electrons. The van der Waals surface area contributed by atoms with Gasteiger partial charge in [-0.05, 0) is 19.4 Å². The maximum atomic E-state index is 5.51. The molecule has 2 rings (SSSR count). The van der Waals surface area contributed by atoms with Gasteiger partial charge in [-0.2, -0.15) is 20.1 Å². The Morgan fingerprint density at radius 1 is 1.14 bits per heavy atom. The van der Waals surface area contributed by atoms with E-state index in [1.165, 1.54) is 0 Å². The molecule has 0 bridgehead atoms. The second kappa shape index (κ2) is 8.15. The van der Waals surface area contributed by atoms with Gasteiger partial charge in [-0.25, -0.2) is 4.68 Å². The molecular weight excluding hydrogens is 272 g/mol. The van der Waals surface area contributed by atoms with Crippen LogP contribution in [0.2, 0.25) is 0 Å². The van der Waals surface area contributed by atoms with Crippen molar-refractivity contribution in [3.05, 3.63) is 18.5 Å². The first-order chi connectivity index (χ1) is 10.3. The minimum atomic E-state index is 0.256. The lowest BCUT2D eigenvalue weighted by atomic mass is 10.5. The van der Waals surface area contributed by atoms with E-state index in [0.29, 0.717) is 31.7 Å². The van der Waals surface area contributed by atoms with Gasteiger partial charge in [0.05, 0.1) is 6.61 Å². The Kier molecular flexibility index (Phi) is 5.89. The minimum absolute atomic E-state index is 0.256. The molecule has 8 nitrogen and oxygen atoms in total. The van der Waals surface area contributed by atoms with E-state index in [9.17, 15) is 0 Å². The molecule has 0 amide bonds. The summed E-state index contributed by atoms with van der Waals surface area (Å²) < 4.78 is 12.4. The molecule has 0 atom stereocenters. The van der Waals surface area contributed by atoms with Crippen LogP contribution in [0, 0.1) is 0 Å². The number of hydrogen-bond donors (Lipinski definition) is 1. The summed E-state index contributed by atoms with van der Waals surface area (Å²) in [5, 5.41) is 7.15. The van der Waals surface area contributed by atoms with Crippen molar-refractivity contribution in [2.75, 3.05) is 31.7 Å². The zero-order valence-corrected chi connectivity index (χ0v) is 12.3. The minimum Gasteiger partial charge on any atom is -0.461 e. The SMILES string of the molecule is CCCOCCOc1nc(NCC)nc(-n2cccn2)n1. The third-order valence-corrected chi connectivity index (χ3v) is 2.45. The molecule has 0 saturated carbocycles. The highest BCUT2D eigenvalue weighted by atomic mass is 16.5. The van der Waals surface area contributed by atoms with E-state index < -0.39 is 0 Å². The summed E-state index contributed by atoms with van der Waals surface area (Å²) in [7, 11) is 0. The number of aromatic nitrogens is 5. The first-order valence-electron chi connectivity index (χ1n) is 7.04. The number of nitrogens with one attached hydrogen (secondary N) is 1. The summed E-state index contributed by atoms with van der Waals surface area (Å²) in [5.74, 6) is 0.873. The van der Waals surface area contributed by atoms with Crippen molar-refractivity contribution in [2.24, 2.45) is 0 Å². The standard InChI is InChI=1S/C13H20N6O2/c1-3-8-20-9-10-21-13-17-11(14-4-2)16-12(18-13)19-7-5-6-15-19/h5-7H,3-4,8-10H2,1-2H3,(H,14,16,17,18). The Balaban J connectivity index is 2.05. The molecule has 0 aromatic carbocycles. The van der Waals surface area contributed by atoms with Gasteiger partial charge in [0, 0.05) is 25.5 Å². The maximum Gasteiger partial charge on any atom is 0.323 e. The van der Waals surface area contributed by atoms with Crippen molar-refractivity contribution in [3.63, 3.8) is 0 Å². The Morgan fingerprint density at radius 3 is 2.76 bits per heavy atom. The molecule has 0 aliphatic carbocycles. The molecule has 0 radical (unpaired) electrons. The number of ether oxygens (including phenoxy) is 2. The Morgan fingerprint density at radius 2 is 2.05 bits per heavy atom. The van der Waals surface area contributed by atoms with Crippen LogP contribution in [0.1, 0.15) is 20.3 Å². The van der Waals surface area contributed by atoms with E-state index in [1.807, 2.05) is 6.92 Å². The van der Waals surface area contributed by atoms with Gasteiger partial charge in [-0.15, -0.1) is 0 Å². The normalized spacial score (nSPS) is 10.6. The van der Waals surface area contributed by atoms with Gasteiger partial charge < -0.3 is 14.8 Å². The van der Waals surface area contributed by atoms with Crippen LogP contribution in [0.25, 0.3) is 5.95 Å². The highest BCUT2D eigenvalue weighted by Crippen LogP contribution is 2.10. The molecule has 2 aromatic rings. The van der Waals surface area contributed by atoms with Gasteiger partial charge >= 0.3 is 6.01 Å². The van der Waals surface area contributed by atoms with Crippen LogP contribution in [-0.2, 0) is 4.74 Å². The first-order valence-corrected chi connectivity index (χ1v) is 7.04. The summed E-state index contributed by atoms with van der Waals surface area (Å²) >= 11 is 0. The molecule has 1 N–H and O–H groups in total.